The Morgan fingerprint density at radius 3 is 2.77 bits per heavy atom. The lowest BCUT2D eigenvalue weighted by Crippen LogP contribution is -2.06. The summed E-state index contributed by atoms with van der Waals surface area (Å²) in [6, 6.07) is 13.6. The van der Waals surface area contributed by atoms with Crippen LogP contribution in [0.25, 0.3) is 22.1 Å². The standard InChI is InChI=1S/C25H24N2O4/c1-15-3-4-19(12-23(28)29)24(16(15)2)31-14-17-9-20-6-8-30-25(20)22(10-17)18-5-7-27-21(11-18)13-26/h3-11H,12-14,26H2,1-2H3,(H,28,29). The Balaban J connectivity index is 1.71. The quantitative estimate of drug-likeness (QED) is 0.450. The average Bonchev–Trinajstić information content (AvgIpc) is 3.24. The summed E-state index contributed by atoms with van der Waals surface area (Å²) in [5.41, 5.74) is 12.9. The highest BCUT2D eigenvalue weighted by molar-refractivity contribution is 5.93. The van der Waals surface area contributed by atoms with Crippen LogP contribution in [0.15, 0.2) is 59.3 Å². The van der Waals surface area contributed by atoms with Gasteiger partial charge in [-0.25, -0.2) is 0 Å². The Bertz CT molecular complexity index is 1260. The van der Waals surface area contributed by atoms with Gasteiger partial charge in [-0.3, -0.25) is 9.78 Å². The molecular weight excluding hydrogens is 392 g/mol. The number of furan rings is 1. The molecule has 0 saturated heterocycles. The minimum atomic E-state index is -0.886. The molecule has 158 valence electrons. The number of benzene rings is 2. The molecule has 2 aromatic heterocycles. The van der Waals surface area contributed by atoms with Gasteiger partial charge < -0.3 is 20.0 Å². The Morgan fingerprint density at radius 2 is 2.00 bits per heavy atom. The molecule has 2 heterocycles. The highest BCUT2D eigenvalue weighted by atomic mass is 16.5. The van der Waals surface area contributed by atoms with Crippen molar-refractivity contribution in [3.8, 4) is 16.9 Å². The second-order valence-corrected chi connectivity index (χ2v) is 7.58. The van der Waals surface area contributed by atoms with Gasteiger partial charge in [-0.2, -0.15) is 0 Å². The van der Waals surface area contributed by atoms with Crippen molar-refractivity contribution in [3.63, 3.8) is 0 Å². The van der Waals surface area contributed by atoms with Crippen LogP contribution in [0.2, 0.25) is 0 Å². The van der Waals surface area contributed by atoms with Crippen molar-refractivity contribution in [2.24, 2.45) is 5.73 Å². The van der Waals surface area contributed by atoms with Crippen LogP contribution < -0.4 is 10.5 Å². The number of ether oxygens (including phenoxy) is 1. The zero-order chi connectivity index (χ0) is 22.0. The molecule has 0 aliphatic heterocycles. The fourth-order valence-electron chi connectivity index (χ4n) is 3.70. The first-order valence-corrected chi connectivity index (χ1v) is 10.1. The van der Waals surface area contributed by atoms with E-state index >= 15 is 0 Å². The summed E-state index contributed by atoms with van der Waals surface area (Å²) in [5, 5.41) is 10.2. The molecule has 4 aromatic rings. The van der Waals surface area contributed by atoms with Crippen LogP contribution in [0.3, 0.4) is 0 Å². The molecule has 0 aliphatic rings. The Labute approximate surface area is 180 Å². The summed E-state index contributed by atoms with van der Waals surface area (Å²) in [5.74, 6) is -0.255. The van der Waals surface area contributed by atoms with Crippen molar-refractivity contribution in [1.29, 1.82) is 0 Å². The van der Waals surface area contributed by atoms with Gasteiger partial charge in [0.15, 0.2) is 0 Å². The van der Waals surface area contributed by atoms with E-state index in [1.54, 1.807) is 12.5 Å². The average molecular weight is 416 g/mol. The molecule has 0 bridgehead atoms. The van der Waals surface area contributed by atoms with Gasteiger partial charge in [-0.1, -0.05) is 12.1 Å². The number of carboxylic acids is 1. The number of carbonyl (C=O) groups is 1. The van der Waals surface area contributed by atoms with Gasteiger partial charge in [0.2, 0.25) is 0 Å². The van der Waals surface area contributed by atoms with Crippen molar-refractivity contribution in [1.82, 2.24) is 4.98 Å². The van der Waals surface area contributed by atoms with E-state index in [0.29, 0.717) is 24.5 Å². The first-order chi connectivity index (χ1) is 15.0. The van der Waals surface area contributed by atoms with Gasteiger partial charge in [0.05, 0.1) is 18.4 Å². The number of nitrogens with two attached hydrogens (primary N) is 1. The second kappa shape index (κ2) is 8.62. The van der Waals surface area contributed by atoms with Gasteiger partial charge >= 0.3 is 5.97 Å². The zero-order valence-electron chi connectivity index (χ0n) is 17.5. The predicted molar refractivity (Wildman–Crippen MR) is 119 cm³/mol. The first-order valence-electron chi connectivity index (χ1n) is 10.1. The molecule has 4 rings (SSSR count). The van der Waals surface area contributed by atoms with Crippen LogP contribution in [0.5, 0.6) is 5.75 Å². The van der Waals surface area contributed by atoms with Crippen LogP contribution in [0, 0.1) is 13.8 Å². The van der Waals surface area contributed by atoms with E-state index in [0.717, 1.165) is 44.5 Å². The zero-order valence-corrected chi connectivity index (χ0v) is 17.5. The van der Waals surface area contributed by atoms with Crippen molar-refractivity contribution in [2.45, 2.75) is 33.4 Å². The number of carboxylic acid groups (broad SMARTS) is 1. The van der Waals surface area contributed by atoms with Crippen LogP contribution >= 0.6 is 0 Å². The molecule has 0 radical (unpaired) electrons. The third-order valence-corrected chi connectivity index (χ3v) is 5.43. The SMILES string of the molecule is Cc1ccc(CC(=O)O)c(OCc2cc(-c3ccnc(CN)c3)c3occc3c2)c1C. The fraction of sp³-hybridized carbons (Fsp3) is 0.200. The number of hydrogen-bond donors (Lipinski definition) is 2. The van der Waals surface area contributed by atoms with Crippen molar-refractivity contribution < 1.29 is 19.1 Å². The lowest BCUT2D eigenvalue weighted by molar-refractivity contribution is -0.136. The summed E-state index contributed by atoms with van der Waals surface area (Å²) in [6.45, 7) is 4.60. The van der Waals surface area contributed by atoms with E-state index in [9.17, 15) is 9.90 Å². The highest BCUT2D eigenvalue weighted by Gasteiger charge is 2.15. The number of nitrogens with zero attached hydrogens (tertiary/aromatic N) is 1. The summed E-state index contributed by atoms with van der Waals surface area (Å²) >= 11 is 0. The molecule has 31 heavy (non-hydrogen) atoms. The monoisotopic (exact) mass is 416 g/mol. The van der Waals surface area contributed by atoms with Crippen LogP contribution in [0.1, 0.15) is 27.9 Å². The van der Waals surface area contributed by atoms with Gasteiger partial charge in [-0.15, -0.1) is 0 Å². The maximum atomic E-state index is 11.3. The van der Waals surface area contributed by atoms with Crippen molar-refractivity contribution in [3.05, 3.63) is 82.9 Å². The predicted octanol–water partition coefficient (Wildman–Crippen LogP) is 4.78. The normalized spacial score (nSPS) is 11.1. The van der Waals surface area contributed by atoms with Gasteiger partial charge in [-0.05, 0) is 66.4 Å². The Morgan fingerprint density at radius 1 is 1.16 bits per heavy atom. The molecule has 0 unspecified atom stereocenters. The number of aromatic nitrogens is 1. The number of fused-ring (bicyclic) bond motifs is 1. The minimum absolute atomic E-state index is 0.0820. The highest BCUT2D eigenvalue weighted by Crippen LogP contribution is 2.33. The molecule has 0 saturated carbocycles. The molecule has 0 aliphatic carbocycles. The molecule has 0 amide bonds. The Kier molecular flexibility index (Phi) is 5.73. The van der Waals surface area contributed by atoms with E-state index in [-0.39, 0.29) is 6.42 Å². The van der Waals surface area contributed by atoms with E-state index in [1.807, 2.05) is 56.3 Å². The topological polar surface area (TPSA) is 98.6 Å². The maximum Gasteiger partial charge on any atom is 0.307 e. The summed E-state index contributed by atoms with van der Waals surface area (Å²) in [6.07, 6.45) is 3.32. The molecule has 0 atom stereocenters. The minimum Gasteiger partial charge on any atom is -0.488 e. The number of aryl methyl sites for hydroxylation is 1. The molecular formula is C25H24N2O4. The smallest absolute Gasteiger partial charge is 0.307 e. The van der Waals surface area contributed by atoms with Crippen LogP contribution in [-0.2, 0) is 24.4 Å². The fourth-order valence-corrected chi connectivity index (χ4v) is 3.70. The van der Waals surface area contributed by atoms with Gasteiger partial charge in [0, 0.05) is 29.3 Å². The lowest BCUT2D eigenvalue weighted by atomic mass is 10.0. The van der Waals surface area contributed by atoms with Crippen molar-refractivity contribution >= 4 is 16.9 Å². The summed E-state index contributed by atoms with van der Waals surface area (Å²) in [4.78, 5) is 15.6. The molecule has 0 fully saturated rings. The number of rotatable bonds is 7. The molecule has 6 nitrogen and oxygen atoms in total. The Hall–Kier alpha value is -3.64. The van der Waals surface area contributed by atoms with Crippen molar-refractivity contribution in [2.75, 3.05) is 0 Å². The summed E-state index contributed by atoms with van der Waals surface area (Å²) in [7, 11) is 0. The van der Waals surface area contributed by atoms with E-state index in [2.05, 4.69) is 4.98 Å². The number of hydrogen-bond acceptors (Lipinski definition) is 5. The molecule has 0 spiro atoms. The number of aliphatic carboxylic acids is 1. The van der Waals surface area contributed by atoms with Crippen LogP contribution in [0.4, 0.5) is 0 Å². The molecule has 2 aromatic carbocycles. The first kappa shape index (κ1) is 20.6. The van der Waals surface area contributed by atoms with Gasteiger partial charge in [0.1, 0.15) is 17.9 Å². The third kappa shape index (κ3) is 4.29. The largest absolute Gasteiger partial charge is 0.488 e. The van der Waals surface area contributed by atoms with E-state index < -0.39 is 5.97 Å². The van der Waals surface area contributed by atoms with E-state index in [4.69, 9.17) is 14.9 Å². The second-order valence-electron chi connectivity index (χ2n) is 7.58. The van der Waals surface area contributed by atoms with E-state index in [1.165, 1.54) is 0 Å². The maximum absolute atomic E-state index is 11.3. The van der Waals surface area contributed by atoms with Gasteiger partial charge in [0.25, 0.3) is 0 Å². The third-order valence-electron chi connectivity index (χ3n) is 5.43. The lowest BCUT2D eigenvalue weighted by Gasteiger charge is -2.16. The number of pyridine rings is 1. The molecule has 3 N–H and O–H groups in total. The van der Waals surface area contributed by atoms with Crippen LogP contribution in [-0.4, -0.2) is 16.1 Å². The molecule has 6 heteroatoms. The summed E-state index contributed by atoms with van der Waals surface area (Å²) < 4.78 is 11.9.